The molecular formula is C8H6BrF3N4S. The van der Waals surface area contributed by atoms with Crippen LogP contribution in [0.15, 0.2) is 16.3 Å². The second-order valence-electron chi connectivity index (χ2n) is 3.25. The van der Waals surface area contributed by atoms with Crippen molar-refractivity contribution < 1.29 is 13.2 Å². The second-order valence-corrected chi connectivity index (χ2v) is 4.93. The predicted molar refractivity (Wildman–Crippen MR) is 59.6 cm³/mol. The molecule has 2 rings (SSSR count). The van der Waals surface area contributed by atoms with E-state index in [4.69, 9.17) is 0 Å². The van der Waals surface area contributed by atoms with Gasteiger partial charge in [0.05, 0.1) is 0 Å². The van der Waals surface area contributed by atoms with Crippen LogP contribution >= 0.6 is 27.3 Å². The molecule has 0 saturated carbocycles. The third kappa shape index (κ3) is 2.49. The van der Waals surface area contributed by atoms with E-state index in [2.05, 4.69) is 31.1 Å². The fraction of sp³-hybridized carbons (Fsp3) is 0.375. The molecule has 9 heteroatoms. The van der Waals surface area contributed by atoms with E-state index in [1.54, 1.807) is 5.38 Å². The van der Waals surface area contributed by atoms with Gasteiger partial charge in [0.15, 0.2) is 10.8 Å². The SMILES string of the molecule is CC(n1cnnc1-c1nc(Br)cs1)C(F)(F)F. The highest BCUT2D eigenvalue weighted by Gasteiger charge is 2.38. The van der Waals surface area contributed by atoms with Gasteiger partial charge in [0.1, 0.15) is 17.0 Å². The fourth-order valence-electron chi connectivity index (χ4n) is 1.19. The van der Waals surface area contributed by atoms with E-state index >= 15 is 0 Å². The number of thiazole rings is 1. The van der Waals surface area contributed by atoms with Crippen molar-refractivity contribution in [3.8, 4) is 10.8 Å². The quantitative estimate of drug-likeness (QED) is 0.850. The van der Waals surface area contributed by atoms with E-state index in [0.717, 1.165) is 17.8 Å². The molecular weight excluding hydrogens is 321 g/mol. The van der Waals surface area contributed by atoms with E-state index in [9.17, 15) is 13.2 Å². The first-order valence-corrected chi connectivity index (χ1v) is 6.14. The zero-order valence-corrected chi connectivity index (χ0v) is 10.8. The van der Waals surface area contributed by atoms with Crippen LogP contribution in [-0.2, 0) is 0 Å². The summed E-state index contributed by atoms with van der Waals surface area (Å²) in [5.41, 5.74) is 0. The van der Waals surface area contributed by atoms with Gasteiger partial charge in [0, 0.05) is 5.38 Å². The molecule has 92 valence electrons. The Labute approximate surface area is 107 Å². The molecule has 0 amide bonds. The molecule has 0 aliphatic rings. The first kappa shape index (κ1) is 12.5. The molecule has 2 heterocycles. The minimum atomic E-state index is -4.34. The maximum Gasteiger partial charge on any atom is 0.408 e. The summed E-state index contributed by atoms with van der Waals surface area (Å²) in [6.45, 7) is 1.05. The lowest BCUT2D eigenvalue weighted by Crippen LogP contribution is -2.23. The Bertz CT molecular complexity index is 521. The van der Waals surface area contributed by atoms with Gasteiger partial charge in [-0.2, -0.15) is 13.2 Å². The average Bonchev–Trinajstić information content (AvgIpc) is 2.82. The van der Waals surface area contributed by atoms with Crippen LogP contribution in [0.1, 0.15) is 13.0 Å². The number of alkyl halides is 3. The Morgan fingerprint density at radius 2 is 2.18 bits per heavy atom. The van der Waals surface area contributed by atoms with Crippen molar-refractivity contribution in [1.82, 2.24) is 19.7 Å². The summed E-state index contributed by atoms with van der Waals surface area (Å²) in [5.74, 6) is 0.116. The van der Waals surface area contributed by atoms with Gasteiger partial charge in [0.25, 0.3) is 0 Å². The van der Waals surface area contributed by atoms with Crippen LogP contribution in [0.25, 0.3) is 10.8 Å². The molecule has 0 aliphatic heterocycles. The number of hydrogen-bond acceptors (Lipinski definition) is 4. The van der Waals surface area contributed by atoms with Crippen molar-refractivity contribution in [2.45, 2.75) is 19.1 Å². The molecule has 1 unspecified atom stereocenters. The van der Waals surface area contributed by atoms with Gasteiger partial charge in [-0.1, -0.05) is 0 Å². The zero-order chi connectivity index (χ0) is 12.6. The van der Waals surface area contributed by atoms with Gasteiger partial charge in [-0.3, -0.25) is 4.57 Å². The molecule has 0 aromatic carbocycles. The molecule has 0 aliphatic carbocycles. The summed E-state index contributed by atoms with van der Waals surface area (Å²) >= 11 is 4.34. The first-order chi connectivity index (χ1) is 7.89. The summed E-state index contributed by atoms with van der Waals surface area (Å²) in [4.78, 5) is 4.02. The molecule has 0 radical (unpaired) electrons. The summed E-state index contributed by atoms with van der Waals surface area (Å²) in [6.07, 6.45) is -3.28. The fourth-order valence-corrected chi connectivity index (χ4v) is 2.43. The number of halogens is 4. The number of hydrogen-bond donors (Lipinski definition) is 0. The van der Waals surface area contributed by atoms with E-state index < -0.39 is 12.2 Å². The van der Waals surface area contributed by atoms with Gasteiger partial charge in [0.2, 0.25) is 0 Å². The van der Waals surface area contributed by atoms with Gasteiger partial charge >= 0.3 is 6.18 Å². The van der Waals surface area contributed by atoms with Gasteiger partial charge in [-0.05, 0) is 22.9 Å². The minimum absolute atomic E-state index is 0.116. The summed E-state index contributed by atoms with van der Waals surface area (Å²) in [7, 11) is 0. The highest BCUT2D eigenvalue weighted by Crippen LogP contribution is 2.33. The monoisotopic (exact) mass is 326 g/mol. The van der Waals surface area contributed by atoms with Crippen molar-refractivity contribution in [1.29, 1.82) is 0 Å². The molecule has 0 fully saturated rings. The smallest absolute Gasteiger partial charge is 0.300 e. The van der Waals surface area contributed by atoms with E-state index in [0.29, 0.717) is 9.61 Å². The highest BCUT2D eigenvalue weighted by atomic mass is 79.9. The van der Waals surface area contributed by atoms with Crippen molar-refractivity contribution >= 4 is 27.3 Å². The molecule has 0 spiro atoms. The normalized spacial score (nSPS) is 13.9. The van der Waals surface area contributed by atoms with E-state index in [1.807, 2.05) is 0 Å². The van der Waals surface area contributed by atoms with Crippen LogP contribution < -0.4 is 0 Å². The molecule has 4 nitrogen and oxygen atoms in total. The third-order valence-corrected chi connectivity index (χ3v) is 3.68. The largest absolute Gasteiger partial charge is 0.408 e. The molecule has 0 saturated heterocycles. The molecule has 17 heavy (non-hydrogen) atoms. The van der Waals surface area contributed by atoms with Gasteiger partial charge in [-0.25, -0.2) is 4.98 Å². The maximum absolute atomic E-state index is 12.6. The Balaban J connectivity index is 2.42. The minimum Gasteiger partial charge on any atom is -0.300 e. The number of nitrogens with zero attached hydrogens (tertiary/aromatic N) is 4. The topological polar surface area (TPSA) is 43.6 Å². The lowest BCUT2D eigenvalue weighted by molar-refractivity contribution is -0.162. The number of rotatable bonds is 2. The standard InChI is InChI=1S/C8H6BrF3N4S/c1-4(8(10,11)12)16-3-13-15-6(16)7-14-5(9)2-17-7/h2-4H,1H3. The predicted octanol–water partition coefficient (Wildman–Crippen LogP) is 3.29. The zero-order valence-electron chi connectivity index (χ0n) is 8.44. The summed E-state index contributed by atoms with van der Waals surface area (Å²) in [6, 6.07) is -1.69. The van der Waals surface area contributed by atoms with Gasteiger partial charge < -0.3 is 0 Å². The lowest BCUT2D eigenvalue weighted by atomic mass is 10.3. The van der Waals surface area contributed by atoms with Gasteiger partial charge in [-0.15, -0.1) is 21.5 Å². The van der Waals surface area contributed by atoms with Crippen LogP contribution in [-0.4, -0.2) is 25.9 Å². The highest BCUT2D eigenvalue weighted by molar-refractivity contribution is 9.10. The average molecular weight is 327 g/mol. The Kier molecular flexibility index (Phi) is 3.21. The van der Waals surface area contributed by atoms with Crippen LogP contribution in [0.3, 0.4) is 0 Å². The van der Waals surface area contributed by atoms with Crippen molar-refractivity contribution in [2.24, 2.45) is 0 Å². The van der Waals surface area contributed by atoms with Crippen LogP contribution in [0.5, 0.6) is 0 Å². The second kappa shape index (κ2) is 4.37. The van der Waals surface area contributed by atoms with Crippen molar-refractivity contribution in [3.05, 3.63) is 16.3 Å². The van der Waals surface area contributed by atoms with E-state index in [-0.39, 0.29) is 5.82 Å². The third-order valence-electron chi connectivity index (χ3n) is 2.13. The van der Waals surface area contributed by atoms with Crippen LogP contribution in [0, 0.1) is 0 Å². The molecule has 0 bridgehead atoms. The molecule has 1 atom stereocenters. The van der Waals surface area contributed by atoms with Crippen molar-refractivity contribution in [3.63, 3.8) is 0 Å². The Hall–Kier alpha value is -0.960. The summed E-state index contributed by atoms with van der Waals surface area (Å²) in [5, 5.41) is 9.25. The van der Waals surface area contributed by atoms with Crippen molar-refractivity contribution in [2.75, 3.05) is 0 Å². The molecule has 2 aromatic heterocycles. The molecule has 2 aromatic rings. The van der Waals surface area contributed by atoms with Crippen LogP contribution in [0.2, 0.25) is 0 Å². The van der Waals surface area contributed by atoms with Crippen LogP contribution in [0.4, 0.5) is 13.2 Å². The van der Waals surface area contributed by atoms with E-state index in [1.165, 1.54) is 11.3 Å². The lowest BCUT2D eigenvalue weighted by Gasteiger charge is -2.17. The maximum atomic E-state index is 12.6. The Morgan fingerprint density at radius 1 is 1.47 bits per heavy atom. The number of aromatic nitrogens is 4. The first-order valence-electron chi connectivity index (χ1n) is 4.47. The Morgan fingerprint density at radius 3 is 2.71 bits per heavy atom. The summed E-state index contributed by atoms with van der Waals surface area (Å²) < 4.78 is 39.4. The molecule has 0 N–H and O–H groups in total.